The number of amides is 1. The van der Waals surface area contributed by atoms with Gasteiger partial charge in [-0.25, -0.2) is 5.48 Å². The second kappa shape index (κ2) is 7.23. The highest BCUT2D eigenvalue weighted by Gasteiger charge is 2.05. The predicted molar refractivity (Wildman–Crippen MR) is 60.0 cm³/mol. The van der Waals surface area contributed by atoms with Gasteiger partial charge in [-0.3, -0.25) is 10.0 Å². The topological polar surface area (TPSA) is 61.4 Å². The second-order valence-corrected chi connectivity index (χ2v) is 3.05. The first kappa shape index (κ1) is 13.9. The van der Waals surface area contributed by atoms with Gasteiger partial charge in [-0.2, -0.15) is 0 Å². The van der Waals surface area contributed by atoms with E-state index < -0.39 is 5.91 Å². The van der Waals surface area contributed by atoms with Crippen LogP contribution in [0.15, 0.2) is 30.3 Å². The highest BCUT2D eigenvalue weighted by molar-refractivity contribution is 5.85. The van der Waals surface area contributed by atoms with Gasteiger partial charge in [-0.1, -0.05) is 30.3 Å². The average molecular weight is 231 g/mol. The van der Waals surface area contributed by atoms with E-state index in [0.717, 1.165) is 5.56 Å². The molecular weight excluding hydrogens is 216 g/mol. The lowest BCUT2D eigenvalue weighted by atomic mass is 10.1. The van der Waals surface area contributed by atoms with E-state index in [1.54, 1.807) is 5.48 Å². The van der Waals surface area contributed by atoms with Crippen molar-refractivity contribution in [3.05, 3.63) is 35.9 Å². The lowest BCUT2D eigenvalue weighted by Crippen LogP contribution is -2.33. The van der Waals surface area contributed by atoms with Crippen LogP contribution in [0.1, 0.15) is 18.5 Å². The zero-order valence-corrected chi connectivity index (χ0v) is 9.25. The van der Waals surface area contributed by atoms with Gasteiger partial charge in [-0.15, -0.1) is 12.4 Å². The molecule has 0 saturated heterocycles. The fourth-order valence-corrected chi connectivity index (χ4v) is 1.14. The number of hydrogen-bond acceptors (Lipinski definition) is 3. The van der Waals surface area contributed by atoms with Crippen LogP contribution in [0.25, 0.3) is 0 Å². The molecule has 1 atom stereocenters. The molecule has 0 spiro atoms. The molecule has 4 nitrogen and oxygen atoms in total. The van der Waals surface area contributed by atoms with Crippen molar-refractivity contribution >= 4 is 18.3 Å². The number of benzene rings is 1. The molecule has 0 aliphatic carbocycles. The fourth-order valence-electron chi connectivity index (χ4n) is 1.14. The Hall–Kier alpha value is -1.10. The van der Waals surface area contributed by atoms with Crippen LogP contribution in [0.5, 0.6) is 0 Å². The van der Waals surface area contributed by atoms with Crippen molar-refractivity contribution in [3.63, 3.8) is 0 Å². The summed E-state index contributed by atoms with van der Waals surface area (Å²) < 4.78 is 0. The normalized spacial score (nSPS) is 11.3. The van der Waals surface area contributed by atoms with Crippen LogP contribution in [-0.2, 0) is 4.79 Å². The molecule has 15 heavy (non-hydrogen) atoms. The predicted octanol–water partition coefficient (Wildman–Crippen LogP) is 1.26. The monoisotopic (exact) mass is 230 g/mol. The van der Waals surface area contributed by atoms with Crippen LogP contribution in [0.2, 0.25) is 0 Å². The molecule has 1 aromatic carbocycles. The fraction of sp³-hybridized carbons (Fsp3) is 0.300. The molecule has 1 aromatic rings. The summed E-state index contributed by atoms with van der Waals surface area (Å²) in [6, 6.07) is 9.88. The van der Waals surface area contributed by atoms with E-state index >= 15 is 0 Å². The Morgan fingerprint density at radius 1 is 1.40 bits per heavy atom. The van der Waals surface area contributed by atoms with Gasteiger partial charge >= 0.3 is 0 Å². The number of nitrogens with one attached hydrogen (secondary N) is 2. The summed E-state index contributed by atoms with van der Waals surface area (Å²) >= 11 is 0. The van der Waals surface area contributed by atoms with Gasteiger partial charge in [-0.05, 0) is 12.5 Å². The van der Waals surface area contributed by atoms with Crippen LogP contribution < -0.4 is 10.8 Å². The van der Waals surface area contributed by atoms with Gasteiger partial charge in [0, 0.05) is 6.04 Å². The summed E-state index contributed by atoms with van der Waals surface area (Å²) in [5, 5.41) is 11.3. The van der Waals surface area contributed by atoms with Crippen LogP contribution in [0.4, 0.5) is 0 Å². The third-order valence-electron chi connectivity index (χ3n) is 1.99. The van der Waals surface area contributed by atoms with E-state index in [9.17, 15) is 4.79 Å². The van der Waals surface area contributed by atoms with Gasteiger partial charge in [0.2, 0.25) is 0 Å². The Morgan fingerprint density at radius 2 is 2.00 bits per heavy atom. The average Bonchev–Trinajstić information content (AvgIpc) is 2.26. The van der Waals surface area contributed by atoms with Gasteiger partial charge in [0.1, 0.15) is 0 Å². The summed E-state index contributed by atoms with van der Waals surface area (Å²) in [5.41, 5.74) is 2.68. The van der Waals surface area contributed by atoms with Gasteiger partial charge in [0.25, 0.3) is 5.91 Å². The maximum atomic E-state index is 10.7. The highest BCUT2D eigenvalue weighted by Crippen LogP contribution is 2.10. The van der Waals surface area contributed by atoms with Gasteiger partial charge in [0.15, 0.2) is 0 Å². The molecule has 0 heterocycles. The van der Waals surface area contributed by atoms with Crippen molar-refractivity contribution in [2.75, 3.05) is 6.54 Å². The van der Waals surface area contributed by atoms with Crippen molar-refractivity contribution in [1.29, 1.82) is 0 Å². The second-order valence-electron chi connectivity index (χ2n) is 3.05. The SMILES string of the molecule is CC(NCC(=O)NO)c1ccccc1.Cl. The third-order valence-corrected chi connectivity index (χ3v) is 1.99. The Kier molecular flexibility index (Phi) is 6.70. The largest absolute Gasteiger partial charge is 0.302 e. The Bertz CT molecular complexity index is 293. The molecule has 0 aliphatic rings. The van der Waals surface area contributed by atoms with Crippen LogP contribution in [0, 0.1) is 0 Å². The first-order valence-electron chi connectivity index (χ1n) is 4.45. The molecule has 1 amide bonds. The molecule has 1 rings (SSSR count). The lowest BCUT2D eigenvalue weighted by molar-refractivity contribution is -0.128. The van der Waals surface area contributed by atoms with Crippen molar-refractivity contribution < 1.29 is 10.0 Å². The zero-order valence-electron chi connectivity index (χ0n) is 8.43. The lowest BCUT2D eigenvalue weighted by Gasteiger charge is -2.12. The molecule has 0 radical (unpaired) electrons. The van der Waals surface area contributed by atoms with E-state index in [1.165, 1.54) is 0 Å². The molecular formula is C10H15ClN2O2. The Morgan fingerprint density at radius 3 is 2.53 bits per heavy atom. The van der Waals surface area contributed by atoms with E-state index in [2.05, 4.69) is 5.32 Å². The highest BCUT2D eigenvalue weighted by atomic mass is 35.5. The van der Waals surface area contributed by atoms with Crippen LogP contribution in [0.3, 0.4) is 0 Å². The van der Waals surface area contributed by atoms with Crippen molar-refractivity contribution in [1.82, 2.24) is 10.8 Å². The standard InChI is InChI=1S/C10H14N2O2.ClH/c1-8(11-7-10(13)12-14)9-5-3-2-4-6-9;/h2-6,8,11,14H,7H2,1H3,(H,12,13);1H. The van der Waals surface area contributed by atoms with Gasteiger partial charge in [0.05, 0.1) is 6.54 Å². The Labute approximate surface area is 95.1 Å². The summed E-state index contributed by atoms with van der Waals surface area (Å²) in [5.74, 6) is -0.437. The number of hydroxylamine groups is 1. The number of carbonyl (C=O) groups is 1. The number of hydrogen-bond donors (Lipinski definition) is 3. The van der Waals surface area contributed by atoms with Crippen molar-refractivity contribution in [2.24, 2.45) is 0 Å². The molecule has 0 bridgehead atoms. The molecule has 0 fully saturated rings. The minimum absolute atomic E-state index is 0. The number of halogens is 1. The van der Waals surface area contributed by atoms with Crippen LogP contribution >= 0.6 is 12.4 Å². The van der Waals surface area contributed by atoms with Crippen LogP contribution in [-0.4, -0.2) is 17.7 Å². The summed E-state index contributed by atoms with van der Waals surface area (Å²) in [6.07, 6.45) is 0. The number of carbonyl (C=O) groups excluding carboxylic acids is 1. The first-order valence-corrected chi connectivity index (χ1v) is 4.45. The molecule has 0 saturated carbocycles. The van der Waals surface area contributed by atoms with E-state index in [4.69, 9.17) is 5.21 Å². The third kappa shape index (κ3) is 4.78. The van der Waals surface area contributed by atoms with E-state index in [-0.39, 0.29) is 25.0 Å². The van der Waals surface area contributed by atoms with Gasteiger partial charge < -0.3 is 5.32 Å². The molecule has 0 aromatic heterocycles. The molecule has 0 aliphatic heterocycles. The summed E-state index contributed by atoms with van der Waals surface area (Å²) in [4.78, 5) is 10.7. The summed E-state index contributed by atoms with van der Waals surface area (Å²) in [7, 11) is 0. The molecule has 1 unspecified atom stereocenters. The maximum absolute atomic E-state index is 10.7. The summed E-state index contributed by atoms with van der Waals surface area (Å²) in [6.45, 7) is 2.06. The quantitative estimate of drug-likeness (QED) is 0.539. The minimum atomic E-state index is -0.437. The number of rotatable bonds is 4. The zero-order chi connectivity index (χ0) is 10.4. The maximum Gasteiger partial charge on any atom is 0.257 e. The smallest absolute Gasteiger partial charge is 0.257 e. The molecule has 5 heteroatoms. The first-order chi connectivity index (χ1) is 6.74. The van der Waals surface area contributed by atoms with Crippen molar-refractivity contribution in [2.45, 2.75) is 13.0 Å². The van der Waals surface area contributed by atoms with E-state index in [1.807, 2.05) is 37.3 Å². The van der Waals surface area contributed by atoms with Crippen molar-refractivity contribution in [3.8, 4) is 0 Å². The Balaban J connectivity index is 0.00000196. The molecule has 3 N–H and O–H groups in total. The minimum Gasteiger partial charge on any atom is -0.302 e. The molecule has 84 valence electrons. The van der Waals surface area contributed by atoms with E-state index in [0.29, 0.717) is 0 Å².